The molecule has 98 valence electrons. The van der Waals surface area contributed by atoms with E-state index in [1.165, 1.54) is 0 Å². The van der Waals surface area contributed by atoms with Gasteiger partial charge in [0.05, 0.1) is 0 Å². The number of hydrogen-bond acceptors (Lipinski definition) is 3. The quantitative estimate of drug-likeness (QED) is 0.713. The zero-order chi connectivity index (χ0) is 13.1. The van der Waals surface area contributed by atoms with Crippen LogP contribution >= 0.6 is 0 Å². The highest BCUT2D eigenvalue weighted by atomic mass is 16.2. The number of aryl methyl sites for hydroxylation is 2. The van der Waals surface area contributed by atoms with E-state index >= 15 is 0 Å². The van der Waals surface area contributed by atoms with Crippen LogP contribution in [-0.2, 0) is 0 Å². The van der Waals surface area contributed by atoms with Crippen LogP contribution in [0, 0.1) is 13.8 Å². The fraction of sp³-hybridized carbons (Fsp3) is 0.538. The molecule has 0 aromatic carbocycles. The maximum absolute atomic E-state index is 12.1. The van der Waals surface area contributed by atoms with Crippen LogP contribution < -0.4 is 16.2 Å². The third-order valence-electron chi connectivity index (χ3n) is 3.22. The summed E-state index contributed by atoms with van der Waals surface area (Å²) in [6.45, 7) is 5.36. The van der Waals surface area contributed by atoms with Crippen LogP contribution in [0.15, 0.2) is 10.9 Å². The minimum Gasteiger partial charge on any atom is -0.348 e. The van der Waals surface area contributed by atoms with Crippen molar-refractivity contribution in [3.8, 4) is 0 Å². The van der Waals surface area contributed by atoms with Gasteiger partial charge in [0.2, 0.25) is 0 Å². The average molecular weight is 249 g/mol. The predicted octanol–water partition coefficient (Wildman–Crippen LogP) is 0.474. The summed E-state index contributed by atoms with van der Waals surface area (Å²) in [4.78, 5) is 26.6. The molecule has 1 aliphatic rings. The van der Waals surface area contributed by atoms with Gasteiger partial charge < -0.3 is 15.6 Å². The first-order valence-corrected chi connectivity index (χ1v) is 6.30. The second-order valence-electron chi connectivity index (χ2n) is 4.86. The van der Waals surface area contributed by atoms with Crippen molar-refractivity contribution in [3.05, 3.63) is 33.2 Å². The molecule has 1 aromatic rings. The van der Waals surface area contributed by atoms with Crippen molar-refractivity contribution in [2.24, 2.45) is 0 Å². The molecule has 2 rings (SSSR count). The molecule has 5 nitrogen and oxygen atoms in total. The van der Waals surface area contributed by atoms with Crippen molar-refractivity contribution in [3.63, 3.8) is 0 Å². The number of amides is 1. The number of carbonyl (C=O) groups is 1. The predicted molar refractivity (Wildman–Crippen MR) is 69.9 cm³/mol. The maximum Gasteiger partial charge on any atom is 0.261 e. The van der Waals surface area contributed by atoms with Crippen molar-refractivity contribution in [1.82, 2.24) is 15.6 Å². The summed E-state index contributed by atoms with van der Waals surface area (Å²) in [6.07, 6.45) is 2.01. The van der Waals surface area contributed by atoms with E-state index in [1.54, 1.807) is 13.8 Å². The Hall–Kier alpha value is -1.62. The third kappa shape index (κ3) is 2.79. The number of H-pyrrole nitrogens is 1. The van der Waals surface area contributed by atoms with Crippen molar-refractivity contribution in [1.29, 1.82) is 0 Å². The van der Waals surface area contributed by atoms with Crippen LogP contribution in [0.25, 0.3) is 0 Å². The largest absolute Gasteiger partial charge is 0.348 e. The molecule has 18 heavy (non-hydrogen) atoms. The summed E-state index contributed by atoms with van der Waals surface area (Å²) < 4.78 is 0. The highest BCUT2D eigenvalue weighted by molar-refractivity contribution is 5.95. The Labute approximate surface area is 106 Å². The average Bonchev–Trinajstić information content (AvgIpc) is 2.28. The Morgan fingerprint density at radius 2 is 2.22 bits per heavy atom. The van der Waals surface area contributed by atoms with E-state index in [0.717, 1.165) is 37.2 Å². The molecule has 0 spiro atoms. The molecule has 1 fully saturated rings. The van der Waals surface area contributed by atoms with Crippen LogP contribution in [0.5, 0.6) is 0 Å². The van der Waals surface area contributed by atoms with Gasteiger partial charge in [0.25, 0.3) is 11.5 Å². The second kappa shape index (κ2) is 5.35. The van der Waals surface area contributed by atoms with E-state index in [0.29, 0.717) is 0 Å². The van der Waals surface area contributed by atoms with Crippen LogP contribution in [0.3, 0.4) is 0 Å². The Morgan fingerprint density at radius 1 is 1.44 bits per heavy atom. The lowest BCUT2D eigenvalue weighted by Gasteiger charge is -2.23. The van der Waals surface area contributed by atoms with E-state index in [9.17, 15) is 9.59 Å². The van der Waals surface area contributed by atoms with E-state index in [-0.39, 0.29) is 23.1 Å². The first-order chi connectivity index (χ1) is 8.58. The second-order valence-corrected chi connectivity index (χ2v) is 4.86. The van der Waals surface area contributed by atoms with Gasteiger partial charge in [-0.1, -0.05) is 0 Å². The lowest BCUT2D eigenvalue weighted by atomic mass is 10.1. The number of hydrogen-bond donors (Lipinski definition) is 3. The highest BCUT2D eigenvalue weighted by Crippen LogP contribution is 2.06. The van der Waals surface area contributed by atoms with Gasteiger partial charge in [0.15, 0.2) is 0 Å². The molecule has 3 N–H and O–H groups in total. The maximum atomic E-state index is 12.1. The normalized spacial score (nSPS) is 19.6. The fourth-order valence-corrected chi connectivity index (χ4v) is 2.37. The van der Waals surface area contributed by atoms with Gasteiger partial charge >= 0.3 is 0 Å². The number of pyridine rings is 1. The van der Waals surface area contributed by atoms with Crippen molar-refractivity contribution < 1.29 is 4.79 Å². The minimum atomic E-state index is -0.311. The molecular formula is C13H19N3O2. The van der Waals surface area contributed by atoms with Crippen LogP contribution in [0.2, 0.25) is 0 Å². The minimum absolute atomic E-state index is 0.117. The molecule has 0 saturated carbocycles. The topological polar surface area (TPSA) is 74.0 Å². The molecule has 0 aliphatic carbocycles. The van der Waals surface area contributed by atoms with E-state index in [4.69, 9.17) is 0 Å². The lowest BCUT2D eigenvalue weighted by molar-refractivity contribution is 0.0928. The van der Waals surface area contributed by atoms with Crippen LogP contribution in [0.4, 0.5) is 0 Å². The van der Waals surface area contributed by atoms with Crippen molar-refractivity contribution >= 4 is 5.91 Å². The van der Waals surface area contributed by atoms with Crippen LogP contribution in [0.1, 0.15) is 34.5 Å². The van der Waals surface area contributed by atoms with E-state index in [2.05, 4.69) is 15.6 Å². The standard InChI is InChI=1S/C13H19N3O2/c1-8-6-9(2)15-12(17)11(8)13(18)16-10-4-3-5-14-7-10/h6,10,14H,3-5,7H2,1-2H3,(H,15,17)(H,16,18)/t10-/m0/s1. The lowest BCUT2D eigenvalue weighted by Crippen LogP contribution is -2.46. The summed E-state index contributed by atoms with van der Waals surface area (Å²) >= 11 is 0. The molecule has 1 atom stereocenters. The molecule has 1 aliphatic heterocycles. The molecule has 0 bridgehead atoms. The summed E-state index contributed by atoms with van der Waals surface area (Å²) in [7, 11) is 0. The molecule has 1 aromatic heterocycles. The monoisotopic (exact) mass is 249 g/mol. The Kier molecular flexibility index (Phi) is 3.81. The summed E-state index contributed by atoms with van der Waals surface area (Å²) in [5, 5.41) is 6.14. The smallest absolute Gasteiger partial charge is 0.261 e. The molecule has 1 saturated heterocycles. The molecule has 2 heterocycles. The Bertz CT molecular complexity index is 501. The van der Waals surface area contributed by atoms with Gasteiger partial charge in [-0.25, -0.2) is 0 Å². The number of carbonyl (C=O) groups excluding carboxylic acids is 1. The number of aromatic amines is 1. The molecule has 1 amide bonds. The van der Waals surface area contributed by atoms with Gasteiger partial charge in [-0.2, -0.15) is 0 Å². The fourth-order valence-electron chi connectivity index (χ4n) is 2.37. The molecule has 5 heteroatoms. The van der Waals surface area contributed by atoms with Crippen molar-refractivity contribution in [2.45, 2.75) is 32.7 Å². The van der Waals surface area contributed by atoms with E-state index < -0.39 is 0 Å². The Morgan fingerprint density at radius 3 is 2.83 bits per heavy atom. The highest BCUT2D eigenvalue weighted by Gasteiger charge is 2.19. The summed E-state index contributed by atoms with van der Waals surface area (Å²) in [5.74, 6) is -0.276. The molecule has 0 radical (unpaired) electrons. The van der Waals surface area contributed by atoms with E-state index in [1.807, 2.05) is 6.07 Å². The zero-order valence-corrected chi connectivity index (χ0v) is 10.8. The number of aromatic nitrogens is 1. The summed E-state index contributed by atoms with van der Waals surface area (Å²) in [6, 6.07) is 1.93. The molecular weight excluding hydrogens is 230 g/mol. The first-order valence-electron chi connectivity index (χ1n) is 6.30. The van der Waals surface area contributed by atoms with Gasteiger partial charge in [0.1, 0.15) is 5.56 Å². The first kappa shape index (κ1) is 12.8. The number of rotatable bonds is 2. The van der Waals surface area contributed by atoms with Gasteiger partial charge in [-0.3, -0.25) is 9.59 Å². The number of piperidine rings is 1. The number of nitrogens with one attached hydrogen (secondary N) is 3. The SMILES string of the molecule is Cc1cc(C)c(C(=O)N[C@H]2CCCNC2)c(=O)[nH]1. The summed E-state index contributed by atoms with van der Waals surface area (Å²) in [5.41, 5.74) is 1.41. The van der Waals surface area contributed by atoms with Crippen LogP contribution in [-0.4, -0.2) is 30.0 Å². The van der Waals surface area contributed by atoms with Crippen molar-refractivity contribution in [2.75, 3.05) is 13.1 Å². The zero-order valence-electron chi connectivity index (χ0n) is 10.8. The Balaban J connectivity index is 2.16. The van der Waals surface area contributed by atoms with Gasteiger partial charge in [0, 0.05) is 18.3 Å². The molecule has 0 unspecified atom stereocenters. The third-order valence-corrected chi connectivity index (χ3v) is 3.22. The van der Waals surface area contributed by atoms with Gasteiger partial charge in [-0.05, 0) is 44.9 Å². The van der Waals surface area contributed by atoms with Gasteiger partial charge in [-0.15, -0.1) is 0 Å².